The first kappa shape index (κ1) is 10.6. The van der Waals surface area contributed by atoms with Gasteiger partial charge in [0.25, 0.3) is 0 Å². The maximum atomic E-state index is 11.4. The molecule has 3 aliphatic rings. The fraction of sp³-hybridized carbons (Fsp3) is 0.923. The molecular formula is C13H21NO2. The Balaban J connectivity index is 1.88. The molecule has 3 rings (SSSR count). The highest BCUT2D eigenvalue weighted by atomic mass is 16.4. The molecule has 2 saturated carbocycles. The lowest BCUT2D eigenvalue weighted by Crippen LogP contribution is -2.42. The molecule has 1 aliphatic heterocycles. The molecule has 3 nitrogen and oxygen atoms in total. The molecule has 3 atom stereocenters. The third-order valence-electron chi connectivity index (χ3n) is 5.17. The zero-order chi connectivity index (χ0) is 11.2. The molecule has 3 heteroatoms. The first-order valence-corrected chi connectivity index (χ1v) is 6.72. The highest BCUT2D eigenvalue weighted by molar-refractivity contribution is 5.74. The molecule has 3 fully saturated rings. The standard InChI is InChI=1S/C13H21NO2/c15-11(16)10-6-5-8-12-7-3-1-2-4-9-13(10,12)14-12/h10,14H,1-9H2,(H,15,16). The van der Waals surface area contributed by atoms with Crippen molar-refractivity contribution in [3.8, 4) is 0 Å². The van der Waals surface area contributed by atoms with E-state index in [2.05, 4.69) is 5.32 Å². The maximum absolute atomic E-state index is 11.4. The largest absolute Gasteiger partial charge is 0.481 e. The topological polar surface area (TPSA) is 59.2 Å². The number of hydrogen-bond donors (Lipinski definition) is 2. The number of carboxylic acids is 1. The van der Waals surface area contributed by atoms with Gasteiger partial charge in [-0.15, -0.1) is 0 Å². The summed E-state index contributed by atoms with van der Waals surface area (Å²) in [4.78, 5) is 11.4. The van der Waals surface area contributed by atoms with E-state index in [1.165, 1.54) is 38.5 Å². The van der Waals surface area contributed by atoms with E-state index < -0.39 is 5.97 Å². The summed E-state index contributed by atoms with van der Waals surface area (Å²) in [6.45, 7) is 0. The van der Waals surface area contributed by atoms with Gasteiger partial charge in [-0.05, 0) is 25.7 Å². The predicted molar refractivity (Wildman–Crippen MR) is 61.3 cm³/mol. The molecule has 0 spiro atoms. The third-order valence-corrected chi connectivity index (χ3v) is 5.17. The van der Waals surface area contributed by atoms with E-state index in [4.69, 9.17) is 0 Å². The summed E-state index contributed by atoms with van der Waals surface area (Å²) < 4.78 is 0. The van der Waals surface area contributed by atoms with Crippen LogP contribution < -0.4 is 5.32 Å². The summed E-state index contributed by atoms with van der Waals surface area (Å²) in [7, 11) is 0. The zero-order valence-corrected chi connectivity index (χ0v) is 9.80. The molecule has 3 unspecified atom stereocenters. The van der Waals surface area contributed by atoms with Crippen LogP contribution in [0.3, 0.4) is 0 Å². The van der Waals surface area contributed by atoms with Gasteiger partial charge in [-0.3, -0.25) is 4.79 Å². The molecule has 2 N–H and O–H groups in total. The number of hydrogen-bond acceptors (Lipinski definition) is 2. The Labute approximate surface area is 96.6 Å². The van der Waals surface area contributed by atoms with Gasteiger partial charge in [-0.2, -0.15) is 0 Å². The summed E-state index contributed by atoms with van der Waals surface area (Å²) in [5.41, 5.74) is 0.201. The fourth-order valence-electron chi connectivity index (χ4n) is 4.36. The number of carbonyl (C=O) groups is 1. The lowest BCUT2D eigenvalue weighted by Gasteiger charge is -2.34. The first-order chi connectivity index (χ1) is 7.70. The Morgan fingerprint density at radius 2 is 1.75 bits per heavy atom. The number of carboxylic acid groups (broad SMARTS) is 1. The van der Waals surface area contributed by atoms with Crippen molar-refractivity contribution < 1.29 is 9.90 Å². The van der Waals surface area contributed by atoms with E-state index in [9.17, 15) is 9.90 Å². The average Bonchev–Trinajstić information content (AvgIpc) is 2.86. The molecule has 0 radical (unpaired) electrons. The number of rotatable bonds is 1. The SMILES string of the molecule is O=C(O)C1CCCC23CCCCCCC12N3. The average molecular weight is 223 g/mol. The number of aliphatic carboxylic acids is 1. The van der Waals surface area contributed by atoms with Crippen molar-refractivity contribution in [3.05, 3.63) is 0 Å². The van der Waals surface area contributed by atoms with E-state index in [1.54, 1.807) is 0 Å². The van der Waals surface area contributed by atoms with Gasteiger partial charge in [0, 0.05) is 5.54 Å². The van der Waals surface area contributed by atoms with Crippen molar-refractivity contribution in [3.63, 3.8) is 0 Å². The second-order valence-electron chi connectivity index (χ2n) is 5.88. The van der Waals surface area contributed by atoms with Crippen molar-refractivity contribution >= 4 is 5.97 Å². The molecule has 0 aromatic heterocycles. The summed E-state index contributed by atoms with van der Waals surface area (Å²) in [5.74, 6) is -0.700. The van der Waals surface area contributed by atoms with Gasteiger partial charge in [-0.1, -0.05) is 32.1 Å². The third kappa shape index (κ3) is 1.27. The van der Waals surface area contributed by atoms with E-state index in [-0.39, 0.29) is 17.0 Å². The van der Waals surface area contributed by atoms with Gasteiger partial charge in [0.2, 0.25) is 0 Å². The van der Waals surface area contributed by atoms with Crippen LogP contribution in [0.2, 0.25) is 0 Å². The van der Waals surface area contributed by atoms with Crippen LogP contribution in [-0.4, -0.2) is 22.2 Å². The summed E-state index contributed by atoms with van der Waals surface area (Å²) in [5, 5.41) is 13.0. The van der Waals surface area contributed by atoms with Crippen molar-refractivity contribution in [2.75, 3.05) is 0 Å². The second kappa shape index (κ2) is 3.46. The quantitative estimate of drug-likeness (QED) is 0.671. The van der Waals surface area contributed by atoms with Crippen LogP contribution in [0.1, 0.15) is 57.8 Å². The minimum Gasteiger partial charge on any atom is -0.481 e. The predicted octanol–water partition coefficient (Wildman–Crippen LogP) is 2.31. The highest BCUT2D eigenvalue weighted by Crippen LogP contribution is 2.58. The Morgan fingerprint density at radius 1 is 1.06 bits per heavy atom. The van der Waals surface area contributed by atoms with E-state index in [0.717, 1.165) is 19.3 Å². The van der Waals surface area contributed by atoms with Gasteiger partial charge in [0.05, 0.1) is 11.5 Å². The molecule has 0 amide bonds. The molecule has 0 aromatic carbocycles. The summed E-state index contributed by atoms with van der Waals surface area (Å²) >= 11 is 0. The molecule has 2 aliphatic carbocycles. The molecule has 0 aromatic rings. The molecule has 0 bridgehead atoms. The zero-order valence-electron chi connectivity index (χ0n) is 9.80. The van der Waals surface area contributed by atoms with Gasteiger partial charge in [0.1, 0.15) is 0 Å². The Bertz CT molecular complexity index is 313. The minimum absolute atomic E-state index is 0.0164. The second-order valence-corrected chi connectivity index (χ2v) is 5.88. The fourth-order valence-corrected chi connectivity index (χ4v) is 4.36. The molecule has 1 saturated heterocycles. The molecule has 16 heavy (non-hydrogen) atoms. The van der Waals surface area contributed by atoms with E-state index >= 15 is 0 Å². The monoisotopic (exact) mass is 223 g/mol. The first-order valence-electron chi connectivity index (χ1n) is 6.72. The summed E-state index contributed by atoms with van der Waals surface area (Å²) in [6, 6.07) is 0. The van der Waals surface area contributed by atoms with Crippen LogP contribution in [0.25, 0.3) is 0 Å². The van der Waals surface area contributed by atoms with Crippen LogP contribution in [0.15, 0.2) is 0 Å². The van der Waals surface area contributed by atoms with Crippen LogP contribution >= 0.6 is 0 Å². The van der Waals surface area contributed by atoms with E-state index in [1.807, 2.05) is 0 Å². The Morgan fingerprint density at radius 3 is 2.50 bits per heavy atom. The lowest BCUT2D eigenvalue weighted by atomic mass is 9.67. The van der Waals surface area contributed by atoms with Gasteiger partial charge < -0.3 is 10.4 Å². The van der Waals surface area contributed by atoms with Crippen LogP contribution in [0.4, 0.5) is 0 Å². The maximum Gasteiger partial charge on any atom is 0.308 e. The molecule has 1 heterocycles. The van der Waals surface area contributed by atoms with Crippen molar-refractivity contribution in [2.45, 2.75) is 68.9 Å². The Kier molecular flexibility index (Phi) is 2.29. The van der Waals surface area contributed by atoms with Gasteiger partial charge in [0.15, 0.2) is 0 Å². The molecule has 90 valence electrons. The minimum atomic E-state index is -0.574. The lowest BCUT2D eigenvalue weighted by molar-refractivity contribution is -0.144. The van der Waals surface area contributed by atoms with Crippen molar-refractivity contribution in [2.24, 2.45) is 5.92 Å². The normalized spacial score (nSPS) is 47.1. The smallest absolute Gasteiger partial charge is 0.308 e. The van der Waals surface area contributed by atoms with E-state index in [0.29, 0.717) is 0 Å². The Hall–Kier alpha value is -0.570. The summed E-state index contributed by atoms with van der Waals surface area (Å²) in [6.07, 6.45) is 10.6. The van der Waals surface area contributed by atoms with Crippen LogP contribution in [0.5, 0.6) is 0 Å². The molecular weight excluding hydrogens is 202 g/mol. The van der Waals surface area contributed by atoms with Crippen LogP contribution in [0, 0.1) is 5.92 Å². The van der Waals surface area contributed by atoms with Crippen molar-refractivity contribution in [1.82, 2.24) is 5.32 Å². The number of nitrogens with one attached hydrogen (secondary N) is 1. The van der Waals surface area contributed by atoms with Gasteiger partial charge in [-0.25, -0.2) is 0 Å². The van der Waals surface area contributed by atoms with Gasteiger partial charge >= 0.3 is 5.97 Å². The van der Waals surface area contributed by atoms with Crippen molar-refractivity contribution in [1.29, 1.82) is 0 Å². The van der Waals surface area contributed by atoms with Crippen LogP contribution in [-0.2, 0) is 4.79 Å². The highest BCUT2D eigenvalue weighted by Gasteiger charge is 2.71.